The molecule has 2 heteroatoms. The van der Waals surface area contributed by atoms with Crippen molar-refractivity contribution in [2.24, 2.45) is 13.0 Å². The van der Waals surface area contributed by atoms with E-state index in [0.717, 1.165) is 12.8 Å². The van der Waals surface area contributed by atoms with Crippen molar-refractivity contribution < 1.29 is 0 Å². The summed E-state index contributed by atoms with van der Waals surface area (Å²) in [5, 5.41) is 4.17. The van der Waals surface area contributed by atoms with Crippen LogP contribution >= 0.6 is 0 Å². The predicted octanol–water partition coefficient (Wildman–Crippen LogP) is 5.46. The van der Waals surface area contributed by atoms with Crippen LogP contribution in [0.4, 0.5) is 5.69 Å². The number of nitrogens with zero attached hydrogens (tertiary/aromatic N) is 2. The SMILES string of the molecule is CN1c2ccccc2C2C=C(C3C=c4c(n(C)c5ccc(C6C=CC=CC6)cc45)=CC3)C=CC21. The molecule has 3 aromatic rings. The molecule has 2 aromatic carbocycles. The monoisotopic (exact) mass is 442 g/mol. The van der Waals surface area contributed by atoms with Crippen LogP contribution in [-0.2, 0) is 7.05 Å². The van der Waals surface area contributed by atoms with Gasteiger partial charge in [0.2, 0.25) is 0 Å². The molecule has 7 rings (SSSR count). The third kappa shape index (κ3) is 2.88. The van der Waals surface area contributed by atoms with Gasteiger partial charge in [0, 0.05) is 59.0 Å². The lowest BCUT2D eigenvalue weighted by Crippen LogP contribution is -2.33. The highest BCUT2D eigenvalue weighted by Crippen LogP contribution is 2.44. The third-order valence-corrected chi connectivity index (χ3v) is 8.43. The Labute approximate surface area is 201 Å². The number of rotatable bonds is 2. The Kier molecular flexibility index (Phi) is 4.39. The Hall–Kier alpha value is -3.52. The normalized spacial score (nSPS) is 26.5. The number of hydrogen-bond donors (Lipinski definition) is 0. The zero-order valence-electron chi connectivity index (χ0n) is 19.9. The largest absolute Gasteiger partial charge is 0.367 e. The number of aryl methyl sites for hydroxylation is 1. The highest BCUT2D eigenvalue weighted by atomic mass is 15.2. The average molecular weight is 443 g/mol. The van der Waals surface area contributed by atoms with Gasteiger partial charge >= 0.3 is 0 Å². The van der Waals surface area contributed by atoms with Crippen molar-refractivity contribution in [3.8, 4) is 0 Å². The second kappa shape index (κ2) is 7.50. The van der Waals surface area contributed by atoms with Gasteiger partial charge in [-0.25, -0.2) is 0 Å². The maximum atomic E-state index is 2.54. The van der Waals surface area contributed by atoms with E-state index in [-0.39, 0.29) is 0 Å². The molecule has 0 saturated carbocycles. The molecule has 0 spiro atoms. The lowest BCUT2D eigenvalue weighted by molar-refractivity contribution is 0.700. The van der Waals surface area contributed by atoms with E-state index in [1.807, 2.05) is 0 Å². The van der Waals surface area contributed by atoms with Crippen molar-refractivity contribution in [2.45, 2.75) is 30.7 Å². The Bertz CT molecular complexity index is 1560. The lowest BCUT2D eigenvalue weighted by Gasteiger charge is -2.27. The zero-order chi connectivity index (χ0) is 22.8. The molecular formula is C32H30N2. The summed E-state index contributed by atoms with van der Waals surface area (Å²) in [5.41, 5.74) is 7.04. The molecule has 2 nitrogen and oxygen atoms in total. The zero-order valence-corrected chi connectivity index (χ0v) is 19.9. The molecule has 3 aliphatic carbocycles. The van der Waals surface area contributed by atoms with Crippen LogP contribution in [0.25, 0.3) is 23.1 Å². The van der Waals surface area contributed by atoms with Crippen molar-refractivity contribution in [1.82, 2.24) is 4.57 Å². The Balaban J connectivity index is 1.31. The van der Waals surface area contributed by atoms with Gasteiger partial charge in [-0.2, -0.15) is 0 Å². The molecule has 1 aliphatic heterocycles. The highest BCUT2D eigenvalue weighted by molar-refractivity contribution is 5.84. The van der Waals surface area contributed by atoms with E-state index in [2.05, 4.69) is 121 Å². The summed E-state index contributed by atoms with van der Waals surface area (Å²) in [4.78, 5) is 2.43. The molecule has 0 saturated heterocycles. The quantitative estimate of drug-likeness (QED) is 0.512. The first-order valence-electron chi connectivity index (χ1n) is 12.5. The Morgan fingerprint density at radius 3 is 2.68 bits per heavy atom. The maximum Gasteiger partial charge on any atom is 0.0577 e. The molecule has 2 heterocycles. The summed E-state index contributed by atoms with van der Waals surface area (Å²) < 4.78 is 2.38. The number of aromatic nitrogens is 1. The van der Waals surface area contributed by atoms with Gasteiger partial charge in [0.1, 0.15) is 0 Å². The smallest absolute Gasteiger partial charge is 0.0577 e. The van der Waals surface area contributed by atoms with Crippen molar-refractivity contribution in [1.29, 1.82) is 0 Å². The van der Waals surface area contributed by atoms with Gasteiger partial charge in [-0.15, -0.1) is 0 Å². The molecule has 34 heavy (non-hydrogen) atoms. The molecule has 0 fully saturated rings. The molecule has 4 aliphatic rings. The molecule has 0 N–H and O–H groups in total. The van der Waals surface area contributed by atoms with Crippen molar-refractivity contribution in [3.05, 3.63) is 112 Å². The first-order chi connectivity index (χ1) is 16.7. The van der Waals surface area contributed by atoms with E-state index in [1.165, 1.54) is 43.9 Å². The van der Waals surface area contributed by atoms with E-state index < -0.39 is 0 Å². The van der Waals surface area contributed by atoms with Crippen molar-refractivity contribution >= 4 is 28.7 Å². The van der Waals surface area contributed by atoms with Gasteiger partial charge in [0.15, 0.2) is 0 Å². The van der Waals surface area contributed by atoms with Gasteiger partial charge in [0.05, 0.1) is 6.04 Å². The average Bonchev–Trinajstić information content (AvgIpc) is 3.35. The number of benzene rings is 2. The van der Waals surface area contributed by atoms with E-state index in [4.69, 9.17) is 0 Å². The minimum absolute atomic E-state index is 0.425. The third-order valence-electron chi connectivity index (χ3n) is 8.43. The maximum absolute atomic E-state index is 2.54. The van der Waals surface area contributed by atoms with Crippen LogP contribution in [0.15, 0.2) is 90.6 Å². The number of likely N-dealkylation sites (N-methyl/N-ethyl adjacent to an activating group) is 1. The van der Waals surface area contributed by atoms with Crippen molar-refractivity contribution in [3.63, 3.8) is 0 Å². The summed E-state index contributed by atoms with van der Waals surface area (Å²) in [6, 6.07) is 16.4. The molecule has 0 bridgehead atoms. The molecule has 1 aromatic heterocycles. The molecule has 4 atom stereocenters. The fourth-order valence-corrected chi connectivity index (χ4v) is 6.56. The summed E-state index contributed by atoms with van der Waals surface area (Å²) in [6.07, 6.45) is 23.5. The number of para-hydroxylation sites is 1. The Morgan fingerprint density at radius 2 is 1.79 bits per heavy atom. The van der Waals surface area contributed by atoms with Gasteiger partial charge in [-0.3, -0.25) is 0 Å². The van der Waals surface area contributed by atoms with Gasteiger partial charge in [-0.1, -0.05) is 78.9 Å². The predicted molar refractivity (Wildman–Crippen MR) is 143 cm³/mol. The number of anilines is 1. The van der Waals surface area contributed by atoms with Crippen LogP contribution in [0.1, 0.15) is 35.8 Å². The van der Waals surface area contributed by atoms with Crippen LogP contribution in [0, 0.1) is 5.92 Å². The fraction of sp³-hybridized carbons (Fsp3) is 0.250. The van der Waals surface area contributed by atoms with Crippen LogP contribution in [0.5, 0.6) is 0 Å². The highest BCUT2D eigenvalue weighted by Gasteiger charge is 2.35. The number of hydrogen-bond acceptors (Lipinski definition) is 1. The van der Waals surface area contributed by atoms with E-state index >= 15 is 0 Å². The van der Waals surface area contributed by atoms with Crippen LogP contribution in [0.3, 0.4) is 0 Å². The van der Waals surface area contributed by atoms with Crippen LogP contribution in [-0.4, -0.2) is 17.7 Å². The van der Waals surface area contributed by atoms with Crippen LogP contribution < -0.4 is 15.5 Å². The topological polar surface area (TPSA) is 8.17 Å². The van der Waals surface area contributed by atoms with E-state index in [1.54, 1.807) is 0 Å². The molecule has 4 unspecified atom stereocenters. The number of fused-ring (bicyclic) bond motifs is 6. The second-order valence-electron chi connectivity index (χ2n) is 10.2. The van der Waals surface area contributed by atoms with Gasteiger partial charge < -0.3 is 9.47 Å². The molecule has 0 amide bonds. The Morgan fingerprint density at radius 1 is 0.882 bits per heavy atom. The second-order valence-corrected chi connectivity index (χ2v) is 10.2. The van der Waals surface area contributed by atoms with E-state index in [9.17, 15) is 0 Å². The van der Waals surface area contributed by atoms with Gasteiger partial charge in [-0.05, 0) is 47.7 Å². The molecule has 168 valence electrons. The first-order valence-corrected chi connectivity index (χ1v) is 12.5. The van der Waals surface area contributed by atoms with Gasteiger partial charge in [0.25, 0.3) is 0 Å². The minimum Gasteiger partial charge on any atom is -0.367 e. The summed E-state index contributed by atoms with van der Waals surface area (Å²) in [6.45, 7) is 0. The van der Waals surface area contributed by atoms with E-state index in [0.29, 0.717) is 23.8 Å². The lowest BCUT2D eigenvalue weighted by atomic mass is 9.82. The summed E-state index contributed by atoms with van der Waals surface area (Å²) >= 11 is 0. The first kappa shape index (κ1) is 19.9. The molecule has 0 radical (unpaired) electrons. The van der Waals surface area contributed by atoms with Crippen LogP contribution in [0.2, 0.25) is 0 Å². The standard InChI is InChI=1S/C32H30N2/c1-33-29-11-7-6-10-25(29)26-19-23(13-16-30(26)33)24-14-17-32-28(20-24)27-18-22(12-15-31(27)34(32)2)21-8-4-3-5-9-21/h3-8,10-13,15-21,24,26,30H,9,14H2,1-2H3. The fourth-order valence-electron chi connectivity index (χ4n) is 6.56. The number of allylic oxidation sites excluding steroid dienone is 6. The summed E-state index contributed by atoms with van der Waals surface area (Å²) in [5.74, 6) is 1.35. The summed E-state index contributed by atoms with van der Waals surface area (Å²) in [7, 11) is 4.44. The molecular weight excluding hydrogens is 412 g/mol. The van der Waals surface area contributed by atoms with Crippen molar-refractivity contribution in [2.75, 3.05) is 11.9 Å². The minimum atomic E-state index is 0.425.